The largest absolute Gasteiger partial charge is 0.207 e. The molecule has 1 aromatic rings. The number of halogens is 2. The Bertz CT molecular complexity index is 313. The van der Waals surface area contributed by atoms with Crippen LogP contribution in [0.25, 0.3) is 0 Å². The van der Waals surface area contributed by atoms with E-state index in [9.17, 15) is 8.78 Å². The molecule has 0 bridgehead atoms. The third-order valence-corrected chi connectivity index (χ3v) is 3.15. The molecular weight excluding hydrogens is 194 g/mol. The monoisotopic (exact) mass is 212 g/mol. The lowest BCUT2D eigenvalue weighted by Crippen LogP contribution is -2.23. The number of hydrogen-bond donors (Lipinski definition) is 0. The minimum Gasteiger partial charge on any atom is -0.207 e. The van der Waals surface area contributed by atoms with Crippen molar-refractivity contribution in [3.63, 3.8) is 0 Å². The molecule has 0 saturated carbocycles. The molecule has 15 heavy (non-hydrogen) atoms. The Hall–Kier alpha value is -0.920. The van der Waals surface area contributed by atoms with Crippen LogP contribution in [-0.4, -0.2) is 0 Å². The van der Waals surface area contributed by atoms with Crippen molar-refractivity contribution in [1.82, 2.24) is 0 Å². The Morgan fingerprint density at radius 1 is 1.13 bits per heavy atom. The summed E-state index contributed by atoms with van der Waals surface area (Å²) in [6, 6.07) is 4.08. The van der Waals surface area contributed by atoms with Gasteiger partial charge < -0.3 is 0 Å². The molecule has 0 spiro atoms. The smallest absolute Gasteiger partial charge is 0.129 e. The zero-order chi connectivity index (χ0) is 11.5. The zero-order valence-corrected chi connectivity index (χ0v) is 9.61. The van der Waals surface area contributed by atoms with Gasteiger partial charge in [-0.1, -0.05) is 33.3 Å². The summed E-state index contributed by atoms with van der Waals surface area (Å²) in [5, 5.41) is 0. The quantitative estimate of drug-likeness (QED) is 0.692. The van der Waals surface area contributed by atoms with Crippen LogP contribution in [0.4, 0.5) is 8.78 Å². The summed E-state index contributed by atoms with van der Waals surface area (Å²) in [5.74, 6) is -0.847. The highest BCUT2D eigenvalue weighted by Gasteiger charge is 2.29. The molecule has 1 atom stereocenters. The average molecular weight is 212 g/mol. The highest BCUT2D eigenvalue weighted by molar-refractivity contribution is 5.28. The van der Waals surface area contributed by atoms with Gasteiger partial charge in [0.2, 0.25) is 0 Å². The van der Waals surface area contributed by atoms with Crippen LogP contribution in [0.15, 0.2) is 18.2 Å². The first kappa shape index (κ1) is 12.2. The van der Waals surface area contributed by atoms with Crippen molar-refractivity contribution in [2.45, 2.75) is 45.4 Å². The van der Waals surface area contributed by atoms with E-state index in [-0.39, 0.29) is 11.0 Å². The molecule has 0 radical (unpaired) electrons. The summed E-state index contributed by atoms with van der Waals surface area (Å²) in [4.78, 5) is 0. The van der Waals surface area contributed by atoms with Crippen LogP contribution in [0.3, 0.4) is 0 Å². The van der Waals surface area contributed by atoms with Gasteiger partial charge in [-0.2, -0.15) is 0 Å². The predicted octanol–water partition coefficient (Wildman–Crippen LogP) is 4.43. The Kier molecular flexibility index (Phi) is 3.83. The fourth-order valence-electron chi connectivity index (χ4n) is 2.10. The lowest BCUT2D eigenvalue weighted by Gasteiger charge is -2.29. The molecule has 0 aromatic heterocycles. The number of rotatable bonds is 4. The van der Waals surface area contributed by atoms with E-state index in [0.29, 0.717) is 0 Å². The van der Waals surface area contributed by atoms with E-state index in [1.807, 2.05) is 20.8 Å². The van der Waals surface area contributed by atoms with Gasteiger partial charge in [0.1, 0.15) is 11.6 Å². The SMILES string of the molecule is CCCC(C)(CC)c1c(F)cccc1F. The molecule has 0 N–H and O–H groups in total. The molecule has 0 heterocycles. The fraction of sp³-hybridized carbons (Fsp3) is 0.538. The van der Waals surface area contributed by atoms with Gasteiger partial charge in [0.15, 0.2) is 0 Å². The summed E-state index contributed by atoms with van der Waals surface area (Å²) in [7, 11) is 0. The highest BCUT2D eigenvalue weighted by Crippen LogP contribution is 2.35. The molecule has 0 amide bonds. The fourth-order valence-corrected chi connectivity index (χ4v) is 2.10. The second kappa shape index (κ2) is 4.73. The maximum atomic E-state index is 13.6. The number of benzene rings is 1. The standard InChI is InChI=1S/C13H18F2/c1-4-9-13(3,5-2)12-10(14)7-6-8-11(12)15/h6-8H,4-5,9H2,1-3H3. The van der Waals surface area contributed by atoms with E-state index in [1.54, 1.807) is 0 Å². The molecule has 1 rings (SSSR count). The van der Waals surface area contributed by atoms with Gasteiger partial charge in [-0.15, -0.1) is 0 Å². The molecule has 0 saturated heterocycles. The van der Waals surface area contributed by atoms with Crippen LogP contribution in [-0.2, 0) is 5.41 Å². The maximum Gasteiger partial charge on any atom is 0.129 e. The van der Waals surface area contributed by atoms with Crippen molar-refractivity contribution in [3.05, 3.63) is 35.4 Å². The van der Waals surface area contributed by atoms with Crippen molar-refractivity contribution in [2.24, 2.45) is 0 Å². The summed E-state index contributed by atoms with van der Waals surface area (Å²) < 4.78 is 27.2. The molecule has 0 fully saturated rings. The normalized spacial score (nSPS) is 15.0. The summed E-state index contributed by atoms with van der Waals surface area (Å²) in [6.07, 6.45) is 2.48. The first-order chi connectivity index (χ1) is 7.05. The molecule has 0 aliphatic carbocycles. The van der Waals surface area contributed by atoms with Gasteiger partial charge >= 0.3 is 0 Å². The van der Waals surface area contributed by atoms with Crippen molar-refractivity contribution >= 4 is 0 Å². The zero-order valence-electron chi connectivity index (χ0n) is 9.61. The maximum absolute atomic E-state index is 13.6. The Morgan fingerprint density at radius 2 is 1.67 bits per heavy atom. The lowest BCUT2D eigenvalue weighted by atomic mass is 9.76. The van der Waals surface area contributed by atoms with Crippen LogP contribution in [0, 0.1) is 11.6 Å². The van der Waals surface area contributed by atoms with Crippen molar-refractivity contribution in [3.8, 4) is 0 Å². The molecule has 0 nitrogen and oxygen atoms in total. The Morgan fingerprint density at radius 3 is 2.07 bits per heavy atom. The van der Waals surface area contributed by atoms with E-state index < -0.39 is 11.6 Å². The predicted molar refractivity (Wildman–Crippen MR) is 58.9 cm³/mol. The molecule has 1 aromatic carbocycles. The second-order valence-corrected chi connectivity index (χ2v) is 4.26. The number of hydrogen-bond acceptors (Lipinski definition) is 0. The van der Waals surface area contributed by atoms with E-state index in [0.717, 1.165) is 19.3 Å². The molecule has 84 valence electrons. The van der Waals surface area contributed by atoms with Crippen LogP contribution in [0.1, 0.15) is 45.6 Å². The van der Waals surface area contributed by atoms with Gasteiger partial charge in [-0.25, -0.2) is 8.78 Å². The minimum atomic E-state index is -0.423. The molecule has 2 heteroatoms. The second-order valence-electron chi connectivity index (χ2n) is 4.26. The average Bonchev–Trinajstić information content (AvgIpc) is 2.18. The third-order valence-electron chi connectivity index (χ3n) is 3.15. The molecule has 0 aliphatic rings. The summed E-state index contributed by atoms with van der Waals surface area (Å²) in [5.41, 5.74) is -0.140. The van der Waals surface area contributed by atoms with E-state index >= 15 is 0 Å². The topological polar surface area (TPSA) is 0 Å². The molecule has 0 aliphatic heterocycles. The molecule has 1 unspecified atom stereocenters. The van der Waals surface area contributed by atoms with Crippen LogP contribution in [0.2, 0.25) is 0 Å². The Labute approximate surface area is 90.3 Å². The highest BCUT2D eigenvalue weighted by atomic mass is 19.1. The summed E-state index contributed by atoms with van der Waals surface area (Å²) in [6.45, 7) is 5.94. The van der Waals surface area contributed by atoms with Crippen molar-refractivity contribution in [1.29, 1.82) is 0 Å². The minimum absolute atomic E-state index is 0.245. The molecular formula is C13H18F2. The lowest BCUT2D eigenvalue weighted by molar-refractivity contribution is 0.373. The van der Waals surface area contributed by atoms with Crippen LogP contribution >= 0.6 is 0 Å². The first-order valence-electron chi connectivity index (χ1n) is 5.49. The van der Waals surface area contributed by atoms with E-state index in [4.69, 9.17) is 0 Å². The first-order valence-corrected chi connectivity index (χ1v) is 5.49. The van der Waals surface area contributed by atoms with Gasteiger partial charge in [0, 0.05) is 5.56 Å². The van der Waals surface area contributed by atoms with Crippen LogP contribution in [0.5, 0.6) is 0 Å². The van der Waals surface area contributed by atoms with E-state index in [2.05, 4.69) is 0 Å². The van der Waals surface area contributed by atoms with Gasteiger partial charge in [0.05, 0.1) is 0 Å². The van der Waals surface area contributed by atoms with E-state index in [1.165, 1.54) is 18.2 Å². The van der Waals surface area contributed by atoms with Gasteiger partial charge in [-0.05, 0) is 30.4 Å². The summed E-state index contributed by atoms with van der Waals surface area (Å²) >= 11 is 0. The van der Waals surface area contributed by atoms with Gasteiger partial charge in [0.25, 0.3) is 0 Å². The third kappa shape index (κ3) is 2.36. The van der Waals surface area contributed by atoms with Crippen molar-refractivity contribution < 1.29 is 8.78 Å². The Balaban J connectivity index is 3.22. The van der Waals surface area contributed by atoms with Crippen LogP contribution < -0.4 is 0 Å². The van der Waals surface area contributed by atoms with Gasteiger partial charge in [-0.3, -0.25) is 0 Å². The van der Waals surface area contributed by atoms with Crippen molar-refractivity contribution in [2.75, 3.05) is 0 Å².